The Morgan fingerprint density at radius 2 is 2.25 bits per heavy atom. The molecule has 1 spiro atoms. The minimum absolute atomic E-state index is 0.0666. The fourth-order valence-corrected chi connectivity index (χ4v) is 2.37. The van der Waals surface area contributed by atoms with Gasteiger partial charge in [0.1, 0.15) is 0 Å². The van der Waals surface area contributed by atoms with Crippen LogP contribution in [0.15, 0.2) is 0 Å². The van der Waals surface area contributed by atoms with Crippen LogP contribution in [0.25, 0.3) is 0 Å². The Labute approximate surface area is 72.9 Å². The molecule has 0 aromatic rings. The second kappa shape index (κ2) is 2.98. The number of hydrogen-bond acceptors (Lipinski definition) is 3. The Hall–Kier alpha value is -0.120. The number of rotatable bonds is 1. The highest BCUT2D eigenvalue weighted by atomic mass is 16.5. The first kappa shape index (κ1) is 8.48. The number of ether oxygens (including phenoxy) is 1. The highest BCUT2D eigenvalue weighted by Crippen LogP contribution is 2.47. The molecule has 0 aromatic carbocycles. The highest BCUT2D eigenvalue weighted by molar-refractivity contribution is 4.96. The predicted molar refractivity (Wildman–Crippen MR) is 45.7 cm³/mol. The van der Waals surface area contributed by atoms with Crippen molar-refractivity contribution >= 4 is 0 Å². The summed E-state index contributed by atoms with van der Waals surface area (Å²) in [6.07, 6.45) is 4.33. The summed E-state index contributed by atoms with van der Waals surface area (Å²) in [5.74, 6) is 0. The summed E-state index contributed by atoms with van der Waals surface area (Å²) in [6.45, 7) is 1.45. The van der Waals surface area contributed by atoms with Crippen molar-refractivity contribution in [2.24, 2.45) is 11.1 Å². The molecule has 12 heavy (non-hydrogen) atoms. The van der Waals surface area contributed by atoms with Gasteiger partial charge in [-0.05, 0) is 31.1 Å². The molecule has 2 rings (SSSR count). The zero-order valence-corrected chi connectivity index (χ0v) is 7.33. The van der Waals surface area contributed by atoms with Crippen molar-refractivity contribution in [1.29, 1.82) is 0 Å². The van der Waals surface area contributed by atoms with Gasteiger partial charge in [0, 0.05) is 6.54 Å². The molecule has 3 nitrogen and oxygen atoms in total. The van der Waals surface area contributed by atoms with Gasteiger partial charge in [0.15, 0.2) is 0 Å². The summed E-state index contributed by atoms with van der Waals surface area (Å²) in [7, 11) is 0. The lowest BCUT2D eigenvalue weighted by Crippen LogP contribution is -2.49. The Morgan fingerprint density at radius 3 is 2.67 bits per heavy atom. The molecule has 1 unspecified atom stereocenters. The standard InChI is InChI=1S/C9H17NO2/c10-5-8-1-2-9(6-12-8)3-7(11)4-9/h7-8,11H,1-6,10H2. The Morgan fingerprint density at radius 1 is 1.50 bits per heavy atom. The molecular weight excluding hydrogens is 154 g/mol. The van der Waals surface area contributed by atoms with Crippen LogP contribution >= 0.6 is 0 Å². The van der Waals surface area contributed by atoms with Crippen LogP contribution in [0.4, 0.5) is 0 Å². The highest BCUT2D eigenvalue weighted by Gasteiger charge is 2.45. The number of aliphatic hydroxyl groups excluding tert-OH is 1. The summed E-state index contributed by atoms with van der Waals surface area (Å²) >= 11 is 0. The molecule has 0 aromatic heterocycles. The summed E-state index contributed by atoms with van der Waals surface area (Å²) < 4.78 is 5.60. The number of nitrogens with two attached hydrogens (primary N) is 1. The maximum absolute atomic E-state index is 9.21. The molecule has 1 aliphatic heterocycles. The van der Waals surface area contributed by atoms with Crippen LogP contribution in [0, 0.1) is 5.41 Å². The fraction of sp³-hybridized carbons (Fsp3) is 1.00. The van der Waals surface area contributed by atoms with Gasteiger partial charge in [-0.15, -0.1) is 0 Å². The van der Waals surface area contributed by atoms with Crippen LogP contribution in [-0.4, -0.2) is 30.5 Å². The van der Waals surface area contributed by atoms with E-state index in [2.05, 4.69) is 0 Å². The van der Waals surface area contributed by atoms with Crippen molar-refractivity contribution in [3.63, 3.8) is 0 Å². The largest absolute Gasteiger partial charge is 0.393 e. The lowest BCUT2D eigenvalue weighted by atomic mass is 9.63. The van der Waals surface area contributed by atoms with Gasteiger partial charge in [0.25, 0.3) is 0 Å². The summed E-state index contributed by atoms with van der Waals surface area (Å²) in [4.78, 5) is 0. The van der Waals surface area contributed by atoms with E-state index in [0.717, 1.165) is 25.9 Å². The Bertz CT molecular complexity index is 156. The van der Waals surface area contributed by atoms with Crippen LogP contribution in [-0.2, 0) is 4.74 Å². The van der Waals surface area contributed by atoms with Crippen molar-refractivity contribution in [2.45, 2.75) is 37.9 Å². The van der Waals surface area contributed by atoms with E-state index in [9.17, 15) is 5.11 Å². The minimum Gasteiger partial charge on any atom is -0.393 e. The van der Waals surface area contributed by atoms with Crippen molar-refractivity contribution in [3.8, 4) is 0 Å². The molecule has 70 valence electrons. The first-order chi connectivity index (χ1) is 5.74. The molecule has 1 heterocycles. The molecule has 0 radical (unpaired) electrons. The number of aliphatic hydroxyl groups is 1. The molecule has 1 saturated heterocycles. The molecule has 2 aliphatic rings. The smallest absolute Gasteiger partial charge is 0.0697 e. The quantitative estimate of drug-likeness (QED) is 0.595. The first-order valence-electron chi connectivity index (χ1n) is 4.74. The van der Waals surface area contributed by atoms with Gasteiger partial charge in [-0.25, -0.2) is 0 Å². The van der Waals surface area contributed by atoms with Crippen LogP contribution in [0.5, 0.6) is 0 Å². The second-order valence-electron chi connectivity index (χ2n) is 4.27. The zero-order chi connectivity index (χ0) is 8.60. The van der Waals surface area contributed by atoms with E-state index in [1.807, 2.05) is 0 Å². The molecular formula is C9H17NO2. The maximum atomic E-state index is 9.21. The van der Waals surface area contributed by atoms with Crippen LogP contribution in [0.3, 0.4) is 0 Å². The number of hydrogen-bond donors (Lipinski definition) is 2. The molecule has 3 N–H and O–H groups in total. The van der Waals surface area contributed by atoms with E-state index in [4.69, 9.17) is 10.5 Å². The maximum Gasteiger partial charge on any atom is 0.0697 e. The molecule has 0 amide bonds. The van der Waals surface area contributed by atoms with Gasteiger partial charge < -0.3 is 15.6 Å². The SMILES string of the molecule is NCC1CCC2(CO1)CC(O)C2. The first-order valence-corrected chi connectivity index (χ1v) is 4.74. The van der Waals surface area contributed by atoms with E-state index in [0.29, 0.717) is 12.0 Å². The van der Waals surface area contributed by atoms with Crippen molar-refractivity contribution in [1.82, 2.24) is 0 Å². The summed E-state index contributed by atoms with van der Waals surface area (Å²) in [5.41, 5.74) is 5.83. The van der Waals surface area contributed by atoms with Crippen LogP contribution < -0.4 is 5.73 Å². The van der Waals surface area contributed by atoms with E-state index >= 15 is 0 Å². The third-order valence-electron chi connectivity index (χ3n) is 3.22. The van der Waals surface area contributed by atoms with E-state index < -0.39 is 0 Å². The van der Waals surface area contributed by atoms with Crippen molar-refractivity contribution in [2.75, 3.05) is 13.2 Å². The van der Waals surface area contributed by atoms with Gasteiger partial charge >= 0.3 is 0 Å². The Kier molecular flexibility index (Phi) is 2.10. The minimum atomic E-state index is -0.0666. The van der Waals surface area contributed by atoms with E-state index in [1.165, 1.54) is 6.42 Å². The van der Waals surface area contributed by atoms with Crippen molar-refractivity contribution in [3.05, 3.63) is 0 Å². The molecule has 2 fully saturated rings. The lowest BCUT2D eigenvalue weighted by Gasteiger charge is -2.49. The molecule has 1 atom stereocenters. The van der Waals surface area contributed by atoms with Crippen LogP contribution in [0.1, 0.15) is 25.7 Å². The van der Waals surface area contributed by atoms with Gasteiger partial charge in [-0.1, -0.05) is 0 Å². The second-order valence-corrected chi connectivity index (χ2v) is 4.27. The lowest BCUT2D eigenvalue weighted by molar-refractivity contribution is -0.137. The fourth-order valence-electron chi connectivity index (χ4n) is 2.37. The third kappa shape index (κ3) is 1.37. The van der Waals surface area contributed by atoms with Crippen molar-refractivity contribution < 1.29 is 9.84 Å². The van der Waals surface area contributed by atoms with Gasteiger partial charge in [-0.2, -0.15) is 0 Å². The summed E-state index contributed by atoms with van der Waals surface area (Å²) in [6, 6.07) is 0. The molecule has 1 saturated carbocycles. The van der Waals surface area contributed by atoms with E-state index in [1.54, 1.807) is 0 Å². The molecule has 1 aliphatic carbocycles. The summed E-state index contributed by atoms with van der Waals surface area (Å²) in [5, 5.41) is 9.21. The average Bonchev–Trinajstić information content (AvgIpc) is 2.04. The third-order valence-corrected chi connectivity index (χ3v) is 3.22. The van der Waals surface area contributed by atoms with Gasteiger partial charge in [0.05, 0.1) is 18.8 Å². The van der Waals surface area contributed by atoms with Crippen LogP contribution in [0.2, 0.25) is 0 Å². The zero-order valence-electron chi connectivity index (χ0n) is 7.33. The average molecular weight is 171 g/mol. The topological polar surface area (TPSA) is 55.5 Å². The van der Waals surface area contributed by atoms with Gasteiger partial charge in [-0.3, -0.25) is 0 Å². The normalized spacial score (nSPS) is 47.5. The van der Waals surface area contributed by atoms with E-state index in [-0.39, 0.29) is 12.2 Å². The predicted octanol–water partition coefficient (Wildman–Crippen LogP) is 0.265. The molecule has 0 bridgehead atoms. The van der Waals surface area contributed by atoms with Gasteiger partial charge in [0.2, 0.25) is 0 Å². The molecule has 3 heteroatoms. The monoisotopic (exact) mass is 171 g/mol. The Balaban J connectivity index is 1.83.